The van der Waals surface area contributed by atoms with Crippen molar-refractivity contribution >= 4 is 33.4 Å². The van der Waals surface area contributed by atoms with Gasteiger partial charge in [0.15, 0.2) is 0 Å². The van der Waals surface area contributed by atoms with E-state index in [0.29, 0.717) is 10.4 Å². The molecule has 0 aliphatic heterocycles. The van der Waals surface area contributed by atoms with Crippen LogP contribution in [-0.4, -0.2) is 11.2 Å². The molecule has 1 aromatic carbocycles. The summed E-state index contributed by atoms with van der Waals surface area (Å²) in [5.41, 5.74) is 1.01. The third-order valence-electron chi connectivity index (χ3n) is 1.85. The molecule has 0 radical (unpaired) electrons. The van der Waals surface area contributed by atoms with E-state index in [-0.39, 0.29) is 11.9 Å². The molecule has 0 heterocycles. The SMILES string of the molecule is C[C@@H](NC(=O)CBr)c1cccc(Cl)c1. The molecule has 0 saturated carbocycles. The van der Waals surface area contributed by atoms with Gasteiger partial charge in [-0.05, 0) is 24.6 Å². The highest BCUT2D eigenvalue weighted by Gasteiger charge is 2.07. The van der Waals surface area contributed by atoms with Crippen LogP contribution in [0.25, 0.3) is 0 Å². The normalized spacial score (nSPS) is 12.2. The van der Waals surface area contributed by atoms with E-state index in [9.17, 15) is 4.79 Å². The van der Waals surface area contributed by atoms with Gasteiger partial charge in [-0.1, -0.05) is 39.7 Å². The van der Waals surface area contributed by atoms with Crippen LogP contribution in [0.15, 0.2) is 24.3 Å². The van der Waals surface area contributed by atoms with Crippen molar-refractivity contribution in [2.75, 3.05) is 5.33 Å². The maximum Gasteiger partial charge on any atom is 0.231 e. The van der Waals surface area contributed by atoms with Crippen LogP contribution in [0.1, 0.15) is 18.5 Å². The molecular formula is C10H11BrClNO. The number of amides is 1. The Morgan fingerprint density at radius 1 is 1.64 bits per heavy atom. The molecule has 0 aliphatic carbocycles. The Morgan fingerprint density at radius 3 is 2.93 bits per heavy atom. The summed E-state index contributed by atoms with van der Waals surface area (Å²) in [5.74, 6) is -0.0301. The number of rotatable bonds is 3. The Labute approximate surface area is 96.8 Å². The molecule has 0 aromatic heterocycles. The summed E-state index contributed by atoms with van der Waals surface area (Å²) < 4.78 is 0. The van der Waals surface area contributed by atoms with E-state index in [1.165, 1.54) is 0 Å². The predicted octanol–water partition coefficient (Wildman–Crippen LogP) is 2.91. The van der Waals surface area contributed by atoms with Gasteiger partial charge in [-0.15, -0.1) is 0 Å². The zero-order valence-corrected chi connectivity index (χ0v) is 10.1. The molecule has 1 rings (SSSR count). The van der Waals surface area contributed by atoms with Crippen LogP contribution < -0.4 is 5.32 Å². The molecule has 0 aliphatic rings. The van der Waals surface area contributed by atoms with Gasteiger partial charge in [0.1, 0.15) is 0 Å². The van der Waals surface area contributed by atoms with Gasteiger partial charge < -0.3 is 5.32 Å². The molecule has 4 heteroatoms. The molecule has 0 spiro atoms. The van der Waals surface area contributed by atoms with Gasteiger partial charge in [0.2, 0.25) is 5.91 Å². The van der Waals surface area contributed by atoms with Crippen LogP contribution in [0, 0.1) is 0 Å². The standard InChI is InChI=1S/C10H11BrClNO/c1-7(13-10(14)6-11)8-3-2-4-9(12)5-8/h2-5,7H,6H2,1H3,(H,13,14)/t7-/m1/s1. The average Bonchev–Trinajstić information content (AvgIpc) is 2.17. The number of nitrogens with one attached hydrogen (secondary N) is 1. The molecule has 1 N–H and O–H groups in total. The van der Waals surface area contributed by atoms with Gasteiger partial charge in [-0.25, -0.2) is 0 Å². The molecule has 2 nitrogen and oxygen atoms in total. The van der Waals surface area contributed by atoms with Crippen molar-refractivity contribution in [1.82, 2.24) is 5.32 Å². The fourth-order valence-corrected chi connectivity index (χ4v) is 1.50. The topological polar surface area (TPSA) is 29.1 Å². The molecule has 1 amide bonds. The largest absolute Gasteiger partial charge is 0.349 e. The lowest BCUT2D eigenvalue weighted by Crippen LogP contribution is -2.27. The molecule has 0 unspecified atom stereocenters. The lowest BCUT2D eigenvalue weighted by molar-refractivity contribution is -0.119. The van der Waals surface area contributed by atoms with Gasteiger partial charge in [0.25, 0.3) is 0 Å². The van der Waals surface area contributed by atoms with Crippen LogP contribution in [0.5, 0.6) is 0 Å². The van der Waals surface area contributed by atoms with E-state index >= 15 is 0 Å². The van der Waals surface area contributed by atoms with E-state index < -0.39 is 0 Å². The van der Waals surface area contributed by atoms with Crippen molar-refractivity contribution in [3.63, 3.8) is 0 Å². The first-order valence-corrected chi connectivity index (χ1v) is 5.74. The minimum Gasteiger partial charge on any atom is -0.349 e. The molecular weight excluding hydrogens is 265 g/mol. The van der Waals surface area contributed by atoms with Gasteiger partial charge in [0, 0.05) is 5.02 Å². The van der Waals surface area contributed by atoms with Crippen LogP contribution in [0.4, 0.5) is 0 Å². The summed E-state index contributed by atoms with van der Waals surface area (Å²) in [7, 11) is 0. The second kappa shape index (κ2) is 5.37. The second-order valence-corrected chi connectivity index (χ2v) is 3.98. The van der Waals surface area contributed by atoms with Crippen molar-refractivity contribution in [3.8, 4) is 0 Å². The Bertz CT molecular complexity index is 330. The summed E-state index contributed by atoms with van der Waals surface area (Å²) in [5, 5.41) is 3.83. The van der Waals surface area contributed by atoms with Gasteiger partial charge in [-0.3, -0.25) is 4.79 Å². The number of halogens is 2. The van der Waals surface area contributed by atoms with E-state index in [1.807, 2.05) is 31.2 Å². The molecule has 1 aromatic rings. The Balaban J connectivity index is 2.69. The number of hydrogen-bond donors (Lipinski definition) is 1. The average molecular weight is 277 g/mol. The Kier molecular flexibility index (Phi) is 4.42. The summed E-state index contributed by atoms with van der Waals surface area (Å²) >= 11 is 8.93. The highest BCUT2D eigenvalue weighted by atomic mass is 79.9. The van der Waals surface area contributed by atoms with E-state index in [0.717, 1.165) is 5.56 Å². The van der Waals surface area contributed by atoms with Gasteiger partial charge in [0.05, 0.1) is 11.4 Å². The third kappa shape index (κ3) is 3.31. The highest BCUT2D eigenvalue weighted by Crippen LogP contribution is 2.17. The van der Waals surface area contributed by atoms with Crippen LogP contribution in [0.3, 0.4) is 0 Å². The van der Waals surface area contributed by atoms with E-state index in [4.69, 9.17) is 11.6 Å². The number of alkyl halides is 1. The van der Waals surface area contributed by atoms with E-state index in [2.05, 4.69) is 21.2 Å². The maximum atomic E-state index is 11.1. The summed E-state index contributed by atoms with van der Waals surface area (Å²) in [4.78, 5) is 11.1. The highest BCUT2D eigenvalue weighted by molar-refractivity contribution is 9.09. The zero-order chi connectivity index (χ0) is 10.6. The van der Waals surface area contributed by atoms with Crippen molar-refractivity contribution in [1.29, 1.82) is 0 Å². The van der Waals surface area contributed by atoms with Crippen molar-refractivity contribution in [3.05, 3.63) is 34.9 Å². The number of carbonyl (C=O) groups excluding carboxylic acids is 1. The smallest absolute Gasteiger partial charge is 0.231 e. The van der Waals surface area contributed by atoms with E-state index in [1.54, 1.807) is 0 Å². The van der Waals surface area contributed by atoms with Crippen LogP contribution in [-0.2, 0) is 4.79 Å². The Morgan fingerprint density at radius 2 is 2.36 bits per heavy atom. The predicted molar refractivity (Wildman–Crippen MR) is 61.8 cm³/mol. The molecule has 0 fully saturated rings. The lowest BCUT2D eigenvalue weighted by atomic mass is 10.1. The van der Waals surface area contributed by atoms with Crippen LogP contribution >= 0.6 is 27.5 Å². The molecule has 0 bridgehead atoms. The van der Waals surface area contributed by atoms with Crippen LogP contribution in [0.2, 0.25) is 5.02 Å². The van der Waals surface area contributed by atoms with Gasteiger partial charge in [-0.2, -0.15) is 0 Å². The molecule has 0 saturated heterocycles. The van der Waals surface area contributed by atoms with Crippen molar-refractivity contribution in [2.45, 2.75) is 13.0 Å². The first-order chi connectivity index (χ1) is 6.63. The lowest BCUT2D eigenvalue weighted by Gasteiger charge is -2.13. The minimum atomic E-state index is -0.0301. The monoisotopic (exact) mass is 275 g/mol. The quantitative estimate of drug-likeness (QED) is 0.845. The fraction of sp³-hybridized carbons (Fsp3) is 0.300. The molecule has 76 valence electrons. The first-order valence-electron chi connectivity index (χ1n) is 4.24. The Hall–Kier alpha value is -0.540. The summed E-state index contributed by atoms with van der Waals surface area (Å²) in [6.45, 7) is 1.92. The number of hydrogen-bond acceptors (Lipinski definition) is 1. The fourth-order valence-electron chi connectivity index (χ4n) is 1.14. The van der Waals surface area contributed by atoms with Crippen molar-refractivity contribution in [2.24, 2.45) is 0 Å². The third-order valence-corrected chi connectivity index (χ3v) is 2.59. The second-order valence-electron chi connectivity index (χ2n) is 2.98. The first kappa shape index (κ1) is 11.5. The molecule has 1 atom stereocenters. The summed E-state index contributed by atoms with van der Waals surface area (Å²) in [6.07, 6.45) is 0. The maximum absolute atomic E-state index is 11.1. The zero-order valence-electron chi connectivity index (χ0n) is 7.76. The van der Waals surface area contributed by atoms with Gasteiger partial charge >= 0.3 is 0 Å². The van der Waals surface area contributed by atoms with Crippen molar-refractivity contribution < 1.29 is 4.79 Å². The summed E-state index contributed by atoms with van der Waals surface area (Å²) in [6, 6.07) is 7.45. The number of benzene rings is 1. The minimum absolute atomic E-state index is 0.0150. The number of carbonyl (C=O) groups is 1. The molecule has 14 heavy (non-hydrogen) atoms.